The van der Waals surface area contributed by atoms with E-state index in [0.29, 0.717) is 6.04 Å². The number of carbonyl (C=O) groups excluding carboxylic acids is 1. The van der Waals surface area contributed by atoms with Gasteiger partial charge in [0.1, 0.15) is 0 Å². The molecule has 0 heterocycles. The molecule has 3 heteroatoms. The fourth-order valence-corrected chi connectivity index (χ4v) is 2.68. The molecule has 0 radical (unpaired) electrons. The van der Waals surface area contributed by atoms with Crippen LogP contribution in [-0.2, 0) is 4.79 Å². The molecule has 0 aromatic rings. The zero-order chi connectivity index (χ0) is 11.8. The molecule has 2 nitrogen and oxygen atoms in total. The first kappa shape index (κ1) is 13.6. The topological polar surface area (TPSA) is 29.1 Å². The van der Waals surface area contributed by atoms with E-state index in [-0.39, 0.29) is 11.8 Å². The maximum Gasteiger partial charge on any atom is 0.223 e. The fraction of sp³-hybridized carbons (Fsp3) is 0.769. The lowest BCUT2D eigenvalue weighted by atomic mass is 9.93. The van der Waals surface area contributed by atoms with E-state index in [4.69, 9.17) is 0 Å². The van der Waals surface area contributed by atoms with Crippen molar-refractivity contribution in [3.05, 3.63) is 12.2 Å². The van der Waals surface area contributed by atoms with Gasteiger partial charge in [-0.05, 0) is 44.1 Å². The van der Waals surface area contributed by atoms with Crippen LogP contribution in [0.3, 0.4) is 0 Å². The third kappa shape index (κ3) is 5.06. The van der Waals surface area contributed by atoms with Crippen molar-refractivity contribution in [1.82, 2.24) is 5.32 Å². The van der Waals surface area contributed by atoms with Crippen molar-refractivity contribution in [3.8, 4) is 0 Å². The Morgan fingerprint density at radius 3 is 3.00 bits per heavy atom. The highest BCUT2D eigenvalue weighted by Gasteiger charge is 2.19. The van der Waals surface area contributed by atoms with Crippen LogP contribution in [0.25, 0.3) is 0 Å². The summed E-state index contributed by atoms with van der Waals surface area (Å²) in [5, 5.41) is 3.12. The van der Waals surface area contributed by atoms with E-state index in [2.05, 4.69) is 31.3 Å². The smallest absolute Gasteiger partial charge is 0.223 e. The summed E-state index contributed by atoms with van der Waals surface area (Å²) >= 11 is 1.94. The average molecular weight is 241 g/mol. The summed E-state index contributed by atoms with van der Waals surface area (Å²) in [6, 6.07) is 0.317. The Morgan fingerprint density at radius 2 is 2.38 bits per heavy atom. The predicted octanol–water partition coefficient (Wildman–Crippen LogP) is 2.99. The van der Waals surface area contributed by atoms with Crippen LogP contribution in [0.1, 0.15) is 39.5 Å². The van der Waals surface area contributed by atoms with Gasteiger partial charge >= 0.3 is 0 Å². The number of rotatable bonds is 6. The number of hydrogen-bond donors (Lipinski definition) is 1. The molecule has 0 aromatic heterocycles. The van der Waals surface area contributed by atoms with Gasteiger partial charge in [-0.25, -0.2) is 0 Å². The predicted molar refractivity (Wildman–Crippen MR) is 71.7 cm³/mol. The minimum atomic E-state index is 0.214. The monoisotopic (exact) mass is 241 g/mol. The molecule has 0 saturated heterocycles. The van der Waals surface area contributed by atoms with Gasteiger partial charge in [0, 0.05) is 12.0 Å². The number of nitrogens with one attached hydrogen (secondary N) is 1. The molecule has 2 atom stereocenters. The summed E-state index contributed by atoms with van der Waals surface area (Å²) in [4.78, 5) is 11.9. The maximum absolute atomic E-state index is 11.9. The number of carbonyl (C=O) groups is 1. The van der Waals surface area contributed by atoms with Gasteiger partial charge in [-0.3, -0.25) is 4.79 Å². The standard InChI is InChI=1S/C13H23NOS/c1-3-16-10-9-11(2)14-13(15)12-7-5-4-6-8-12/h4-5,11-12H,3,6-10H2,1-2H3,(H,14,15)/t11-,12-/m0/s1. The summed E-state index contributed by atoms with van der Waals surface area (Å²) < 4.78 is 0. The summed E-state index contributed by atoms with van der Waals surface area (Å²) in [6.45, 7) is 4.27. The first-order valence-corrected chi connectivity index (χ1v) is 7.42. The Hall–Kier alpha value is -0.440. The molecule has 1 aliphatic rings. The van der Waals surface area contributed by atoms with Crippen LogP contribution in [0.5, 0.6) is 0 Å². The number of amides is 1. The molecule has 92 valence electrons. The molecule has 0 aliphatic heterocycles. The maximum atomic E-state index is 11.9. The fourth-order valence-electron chi connectivity index (χ4n) is 1.87. The largest absolute Gasteiger partial charge is 0.353 e. The molecule has 0 bridgehead atoms. The van der Waals surface area contributed by atoms with Crippen LogP contribution in [0, 0.1) is 5.92 Å². The highest BCUT2D eigenvalue weighted by Crippen LogP contribution is 2.18. The Kier molecular flexibility index (Phi) is 6.62. The lowest BCUT2D eigenvalue weighted by Crippen LogP contribution is -2.37. The van der Waals surface area contributed by atoms with Crippen molar-refractivity contribution in [2.75, 3.05) is 11.5 Å². The van der Waals surface area contributed by atoms with E-state index in [1.165, 1.54) is 0 Å². The molecular weight excluding hydrogens is 218 g/mol. The zero-order valence-electron chi connectivity index (χ0n) is 10.4. The molecule has 1 N–H and O–H groups in total. The quantitative estimate of drug-likeness (QED) is 0.572. The van der Waals surface area contributed by atoms with Crippen molar-refractivity contribution in [2.45, 2.75) is 45.6 Å². The van der Waals surface area contributed by atoms with Gasteiger partial charge in [0.15, 0.2) is 0 Å². The normalized spacial score (nSPS) is 21.8. The lowest BCUT2D eigenvalue weighted by molar-refractivity contribution is -0.125. The lowest BCUT2D eigenvalue weighted by Gasteiger charge is -2.20. The first-order valence-electron chi connectivity index (χ1n) is 6.27. The minimum Gasteiger partial charge on any atom is -0.353 e. The molecule has 1 amide bonds. The van der Waals surface area contributed by atoms with Crippen LogP contribution in [0.15, 0.2) is 12.2 Å². The number of allylic oxidation sites excluding steroid dienone is 2. The molecule has 0 aromatic carbocycles. The summed E-state index contributed by atoms with van der Waals surface area (Å²) in [5.74, 6) is 2.76. The number of hydrogen-bond acceptors (Lipinski definition) is 2. The highest BCUT2D eigenvalue weighted by atomic mass is 32.2. The van der Waals surface area contributed by atoms with Crippen molar-refractivity contribution in [2.24, 2.45) is 5.92 Å². The average Bonchev–Trinajstić information content (AvgIpc) is 2.30. The van der Waals surface area contributed by atoms with Gasteiger partial charge < -0.3 is 5.32 Å². The van der Waals surface area contributed by atoms with Crippen LogP contribution in [-0.4, -0.2) is 23.5 Å². The van der Waals surface area contributed by atoms with Gasteiger partial charge in [0.2, 0.25) is 5.91 Å². The van der Waals surface area contributed by atoms with Crippen LogP contribution in [0.4, 0.5) is 0 Å². The SMILES string of the molecule is CCSCC[C@H](C)NC(=O)[C@H]1CC=CCC1. The first-order chi connectivity index (χ1) is 7.74. The Morgan fingerprint density at radius 1 is 1.56 bits per heavy atom. The van der Waals surface area contributed by atoms with Gasteiger partial charge in [-0.1, -0.05) is 19.1 Å². The van der Waals surface area contributed by atoms with E-state index in [1.807, 2.05) is 11.8 Å². The van der Waals surface area contributed by atoms with Gasteiger partial charge in [0.05, 0.1) is 0 Å². The number of thioether (sulfide) groups is 1. The molecule has 16 heavy (non-hydrogen) atoms. The Bertz CT molecular complexity index is 240. The van der Waals surface area contributed by atoms with Crippen molar-refractivity contribution >= 4 is 17.7 Å². The Balaban J connectivity index is 2.19. The van der Waals surface area contributed by atoms with E-state index in [1.54, 1.807) is 0 Å². The van der Waals surface area contributed by atoms with Gasteiger partial charge in [-0.2, -0.15) is 11.8 Å². The second-order valence-electron chi connectivity index (χ2n) is 4.38. The van der Waals surface area contributed by atoms with Crippen LogP contribution < -0.4 is 5.32 Å². The molecule has 0 fully saturated rings. The second kappa shape index (κ2) is 7.77. The molecule has 0 spiro atoms. The highest BCUT2D eigenvalue weighted by molar-refractivity contribution is 7.99. The molecule has 0 saturated carbocycles. The van der Waals surface area contributed by atoms with Crippen molar-refractivity contribution in [1.29, 1.82) is 0 Å². The van der Waals surface area contributed by atoms with Gasteiger partial charge in [0.25, 0.3) is 0 Å². The van der Waals surface area contributed by atoms with Crippen molar-refractivity contribution < 1.29 is 4.79 Å². The van der Waals surface area contributed by atoms with E-state index >= 15 is 0 Å². The summed E-state index contributed by atoms with van der Waals surface area (Å²) in [6.07, 6.45) is 8.36. The van der Waals surface area contributed by atoms with Crippen molar-refractivity contribution in [3.63, 3.8) is 0 Å². The second-order valence-corrected chi connectivity index (χ2v) is 5.77. The summed E-state index contributed by atoms with van der Waals surface area (Å²) in [5.41, 5.74) is 0. The molecule has 1 rings (SSSR count). The van der Waals surface area contributed by atoms with E-state index in [9.17, 15) is 4.79 Å². The third-order valence-corrected chi connectivity index (χ3v) is 3.86. The third-order valence-electron chi connectivity index (χ3n) is 2.93. The van der Waals surface area contributed by atoms with Crippen LogP contribution in [0.2, 0.25) is 0 Å². The Labute approximate surface area is 103 Å². The molecule has 1 aliphatic carbocycles. The van der Waals surface area contributed by atoms with E-state index in [0.717, 1.165) is 37.2 Å². The zero-order valence-corrected chi connectivity index (χ0v) is 11.2. The summed E-state index contributed by atoms with van der Waals surface area (Å²) in [7, 11) is 0. The van der Waals surface area contributed by atoms with Gasteiger partial charge in [-0.15, -0.1) is 0 Å². The van der Waals surface area contributed by atoms with E-state index < -0.39 is 0 Å². The van der Waals surface area contributed by atoms with Crippen LogP contribution >= 0.6 is 11.8 Å². The molecular formula is C13H23NOS. The minimum absolute atomic E-state index is 0.214. The molecule has 0 unspecified atom stereocenters.